The van der Waals surface area contributed by atoms with Crippen LogP contribution in [-0.4, -0.2) is 36.3 Å². The lowest BCUT2D eigenvalue weighted by Gasteiger charge is -2.19. The standard InChI is InChI=1S/C13H21N3O/c1-2-14-13-9-12(3-6-15-13)16-7-4-11(10-16)5-8-17/h3,6,9,11,17H,2,4-5,7-8,10H2,1H3,(H,14,15). The molecule has 0 spiro atoms. The number of pyridine rings is 1. The lowest BCUT2D eigenvalue weighted by molar-refractivity contribution is 0.263. The first-order valence-electron chi connectivity index (χ1n) is 6.39. The maximum Gasteiger partial charge on any atom is 0.127 e. The van der Waals surface area contributed by atoms with Crippen LogP contribution in [0.2, 0.25) is 0 Å². The fourth-order valence-electron chi connectivity index (χ4n) is 2.38. The predicted molar refractivity (Wildman–Crippen MR) is 70.4 cm³/mol. The van der Waals surface area contributed by atoms with E-state index in [0.29, 0.717) is 12.5 Å². The van der Waals surface area contributed by atoms with Crippen LogP contribution in [0.1, 0.15) is 19.8 Å². The van der Waals surface area contributed by atoms with Gasteiger partial charge in [-0.1, -0.05) is 0 Å². The number of hydrogen-bond acceptors (Lipinski definition) is 4. The van der Waals surface area contributed by atoms with Gasteiger partial charge in [-0.2, -0.15) is 0 Å². The molecule has 1 saturated heterocycles. The normalized spacial score (nSPS) is 19.6. The molecule has 4 nitrogen and oxygen atoms in total. The molecule has 94 valence electrons. The number of anilines is 2. The minimum Gasteiger partial charge on any atom is -0.396 e. The van der Waals surface area contributed by atoms with E-state index < -0.39 is 0 Å². The van der Waals surface area contributed by atoms with Gasteiger partial charge >= 0.3 is 0 Å². The van der Waals surface area contributed by atoms with Crippen molar-refractivity contribution in [1.29, 1.82) is 0 Å². The number of hydrogen-bond donors (Lipinski definition) is 2. The van der Waals surface area contributed by atoms with Crippen LogP contribution in [0.3, 0.4) is 0 Å². The highest BCUT2D eigenvalue weighted by Crippen LogP contribution is 2.26. The first-order valence-corrected chi connectivity index (χ1v) is 6.39. The zero-order valence-electron chi connectivity index (χ0n) is 10.4. The van der Waals surface area contributed by atoms with E-state index in [4.69, 9.17) is 5.11 Å². The molecular weight excluding hydrogens is 214 g/mol. The van der Waals surface area contributed by atoms with Gasteiger partial charge in [-0.3, -0.25) is 0 Å². The zero-order chi connectivity index (χ0) is 12.1. The smallest absolute Gasteiger partial charge is 0.127 e. The van der Waals surface area contributed by atoms with E-state index in [9.17, 15) is 0 Å². The Bertz CT molecular complexity index is 356. The molecule has 1 aliphatic rings. The first kappa shape index (κ1) is 12.2. The molecule has 2 rings (SSSR count). The van der Waals surface area contributed by atoms with Crippen molar-refractivity contribution >= 4 is 11.5 Å². The Kier molecular flexibility index (Phi) is 4.20. The van der Waals surface area contributed by atoms with Gasteiger partial charge in [0.25, 0.3) is 0 Å². The van der Waals surface area contributed by atoms with Crippen LogP contribution >= 0.6 is 0 Å². The summed E-state index contributed by atoms with van der Waals surface area (Å²) in [4.78, 5) is 6.66. The Balaban J connectivity index is 2.00. The van der Waals surface area contributed by atoms with Gasteiger partial charge in [0.1, 0.15) is 5.82 Å². The fraction of sp³-hybridized carbons (Fsp3) is 0.615. The van der Waals surface area contributed by atoms with E-state index in [1.165, 1.54) is 12.1 Å². The maximum absolute atomic E-state index is 8.96. The molecule has 1 unspecified atom stereocenters. The van der Waals surface area contributed by atoms with Crippen LogP contribution in [0.4, 0.5) is 11.5 Å². The summed E-state index contributed by atoms with van der Waals surface area (Å²) in [5.41, 5.74) is 1.23. The Morgan fingerprint density at radius 1 is 1.59 bits per heavy atom. The summed E-state index contributed by atoms with van der Waals surface area (Å²) in [6, 6.07) is 4.16. The number of nitrogens with one attached hydrogen (secondary N) is 1. The number of aliphatic hydroxyl groups excluding tert-OH is 1. The molecule has 0 saturated carbocycles. The minimum atomic E-state index is 0.303. The lowest BCUT2D eigenvalue weighted by atomic mass is 10.1. The molecule has 0 amide bonds. The van der Waals surface area contributed by atoms with Gasteiger partial charge in [-0.25, -0.2) is 4.98 Å². The van der Waals surface area contributed by atoms with Crippen LogP contribution in [-0.2, 0) is 0 Å². The summed E-state index contributed by atoms with van der Waals surface area (Å²) < 4.78 is 0. The van der Waals surface area contributed by atoms with Gasteiger partial charge in [0.15, 0.2) is 0 Å². The largest absolute Gasteiger partial charge is 0.396 e. The topological polar surface area (TPSA) is 48.4 Å². The van der Waals surface area contributed by atoms with Crippen LogP contribution in [0.25, 0.3) is 0 Å². The van der Waals surface area contributed by atoms with Crippen molar-refractivity contribution in [2.24, 2.45) is 5.92 Å². The van der Waals surface area contributed by atoms with Crippen molar-refractivity contribution in [2.45, 2.75) is 19.8 Å². The molecule has 17 heavy (non-hydrogen) atoms. The third kappa shape index (κ3) is 3.09. The van der Waals surface area contributed by atoms with Crippen molar-refractivity contribution in [3.05, 3.63) is 18.3 Å². The predicted octanol–water partition coefficient (Wildman–Crippen LogP) is 1.72. The summed E-state index contributed by atoms with van der Waals surface area (Å²) in [6.45, 7) is 5.40. The summed E-state index contributed by atoms with van der Waals surface area (Å²) in [7, 11) is 0. The molecule has 2 heterocycles. The lowest BCUT2D eigenvalue weighted by Crippen LogP contribution is -2.20. The van der Waals surface area contributed by atoms with E-state index in [-0.39, 0.29) is 0 Å². The first-order chi connectivity index (χ1) is 8.33. The second kappa shape index (κ2) is 5.87. The molecule has 1 aliphatic heterocycles. The number of aromatic nitrogens is 1. The van der Waals surface area contributed by atoms with Gasteiger partial charge in [0.2, 0.25) is 0 Å². The molecule has 1 fully saturated rings. The highest BCUT2D eigenvalue weighted by atomic mass is 16.3. The van der Waals surface area contributed by atoms with Crippen molar-refractivity contribution < 1.29 is 5.11 Å². The molecule has 0 radical (unpaired) electrons. The van der Waals surface area contributed by atoms with Gasteiger partial charge in [-0.05, 0) is 31.7 Å². The Hall–Kier alpha value is -1.29. The SMILES string of the molecule is CCNc1cc(N2CCC(CCO)C2)ccn1. The third-order valence-electron chi connectivity index (χ3n) is 3.29. The molecule has 4 heteroatoms. The summed E-state index contributed by atoms with van der Waals surface area (Å²) in [5.74, 6) is 1.58. The second-order valence-electron chi connectivity index (χ2n) is 4.54. The quantitative estimate of drug-likeness (QED) is 0.816. The monoisotopic (exact) mass is 235 g/mol. The van der Waals surface area contributed by atoms with E-state index >= 15 is 0 Å². The molecular formula is C13H21N3O. The summed E-state index contributed by atoms with van der Waals surface area (Å²) >= 11 is 0. The average Bonchev–Trinajstić information content (AvgIpc) is 2.79. The van der Waals surface area contributed by atoms with E-state index in [2.05, 4.69) is 34.3 Å². The van der Waals surface area contributed by atoms with Gasteiger partial charge in [0.05, 0.1) is 0 Å². The Labute approximate surface area is 103 Å². The Morgan fingerprint density at radius 2 is 2.47 bits per heavy atom. The molecule has 1 aromatic heterocycles. The van der Waals surface area contributed by atoms with Gasteiger partial charge in [0, 0.05) is 44.2 Å². The van der Waals surface area contributed by atoms with Crippen LogP contribution in [0, 0.1) is 5.92 Å². The minimum absolute atomic E-state index is 0.303. The average molecular weight is 235 g/mol. The number of nitrogens with zero attached hydrogens (tertiary/aromatic N) is 2. The van der Waals surface area contributed by atoms with Crippen LogP contribution in [0.5, 0.6) is 0 Å². The van der Waals surface area contributed by atoms with E-state index in [0.717, 1.165) is 31.9 Å². The highest BCUT2D eigenvalue weighted by Gasteiger charge is 2.22. The van der Waals surface area contributed by atoms with E-state index in [1.807, 2.05) is 6.20 Å². The highest BCUT2D eigenvalue weighted by molar-refractivity contribution is 5.54. The maximum atomic E-state index is 8.96. The van der Waals surface area contributed by atoms with Crippen molar-refractivity contribution in [3.63, 3.8) is 0 Å². The van der Waals surface area contributed by atoms with Crippen molar-refractivity contribution in [2.75, 3.05) is 36.5 Å². The van der Waals surface area contributed by atoms with Crippen molar-refractivity contribution in [1.82, 2.24) is 4.98 Å². The van der Waals surface area contributed by atoms with Gasteiger partial charge in [-0.15, -0.1) is 0 Å². The molecule has 0 aromatic carbocycles. The van der Waals surface area contributed by atoms with E-state index in [1.54, 1.807) is 0 Å². The summed E-state index contributed by atoms with van der Waals surface area (Å²) in [5, 5.41) is 12.2. The summed E-state index contributed by atoms with van der Waals surface area (Å²) in [6.07, 6.45) is 3.95. The number of rotatable bonds is 5. The molecule has 1 aromatic rings. The Morgan fingerprint density at radius 3 is 3.24 bits per heavy atom. The fourth-order valence-corrected chi connectivity index (χ4v) is 2.38. The molecule has 0 bridgehead atoms. The molecule has 1 atom stereocenters. The van der Waals surface area contributed by atoms with Crippen molar-refractivity contribution in [3.8, 4) is 0 Å². The zero-order valence-corrected chi connectivity index (χ0v) is 10.4. The third-order valence-corrected chi connectivity index (χ3v) is 3.29. The second-order valence-corrected chi connectivity index (χ2v) is 4.54. The number of aliphatic hydroxyl groups is 1. The van der Waals surface area contributed by atoms with Crippen LogP contribution in [0.15, 0.2) is 18.3 Å². The molecule has 2 N–H and O–H groups in total. The molecule has 0 aliphatic carbocycles. The van der Waals surface area contributed by atoms with Crippen LogP contribution < -0.4 is 10.2 Å². The van der Waals surface area contributed by atoms with Gasteiger partial charge < -0.3 is 15.3 Å².